The fourth-order valence-corrected chi connectivity index (χ4v) is 2.19. The van der Waals surface area contributed by atoms with Gasteiger partial charge in [-0.25, -0.2) is 4.79 Å². The molecule has 0 radical (unpaired) electrons. The van der Waals surface area contributed by atoms with E-state index in [0.29, 0.717) is 5.75 Å². The van der Waals surface area contributed by atoms with Crippen LogP contribution in [-0.2, 0) is 0 Å². The van der Waals surface area contributed by atoms with E-state index in [2.05, 4.69) is 0 Å². The number of ether oxygens (including phenoxy) is 1. The molecule has 1 aromatic carbocycles. The number of amides is 1. The van der Waals surface area contributed by atoms with Gasteiger partial charge in [-0.3, -0.25) is 0 Å². The van der Waals surface area contributed by atoms with Gasteiger partial charge in [0.1, 0.15) is 5.75 Å². The summed E-state index contributed by atoms with van der Waals surface area (Å²) in [5.41, 5.74) is 7.87. The summed E-state index contributed by atoms with van der Waals surface area (Å²) in [4.78, 5) is 10.8. The summed E-state index contributed by atoms with van der Waals surface area (Å²) in [5, 5.41) is 3.98. The highest BCUT2D eigenvalue weighted by atomic mass is 32.1. The maximum atomic E-state index is 10.8. The van der Waals surface area contributed by atoms with E-state index in [-0.39, 0.29) is 0 Å². The van der Waals surface area contributed by atoms with Crippen LogP contribution in [0, 0.1) is 6.92 Å². The quantitative estimate of drug-likeness (QED) is 0.866. The molecule has 3 nitrogen and oxygen atoms in total. The van der Waals surface area contributed by atoms with Crippen LogP contribution in [0.5, 0.6) is 5.75 Å². The maximum Gasteiger partial charge on any atom is 0.409 e. The summed E-state index contributed by atoms with van der Waals surface area (Å²) in [6, 6.07) is 7.70. The zero-order valence-corrected chi connectivity index (χ0v) is 9.58. The fourth-order valence-electron chi connectivity index (χ4n) is 1.53. The van der Waals surface area contributed by atoms with E-state index in [9.17, 15) is 4.79 Å². The highest BCUT2D eigenvalue weighted by molar-refractivity contribution is 7.08. The molecular weight excluding hydrogens is 222 g/mol. The van der Waals surface area contributed by atoms with E-state index in [4.69, 9.17) is 10.5 Å². The van der Waals surface area contributed by atoms with Crippen molar-refractivity contribution < 1.29 is 9.53 Å². The van der Waals surface area contributed by atoms with E-state index in [1.54, 1.807) is 11.3 Å². The van der Waals surface area contributed by atoms with Crippen LogP contribution in [0.25, 0.3) is 11.1 Å². The average molecular weight is 233 g/mol. The number of primary amides is 1. The van der Waals surface area contributed by atoms with E-state index >= 15 is 0 Å². The van der Waals surface area contributed by atoms with Crippen molar-refractivity contribution in [1.29, 1.82) is 0 Å². The largest absolute Gasteiger partial charge is 0.410 e. The molecule has 0 spiro atoms. The Morgan fingerprint density at radius 3 is 2.81 bits per heavy atom. The van der Waals surface area contributed by atoms with Crippen molar-refractivity contribution in [1.82, 2.24) is 0 Å². The van der Waals surface area contributed by atoms with Crippen molar-refractivity contribution in [3.05, 3.63) is 40.6 Å². The third-order valence-corrected chi connectivity index (χ3v) is 2.93. The Morgan fingerprint density at radius 2 is 2.19 bits per heavy atom. The van der Waals surface area contributed by atoms with Crippen LogP contribution >= 0.6 is 11.3 Å². The molecule has 82 valence electrons. The van der Waals surface area contributed by atoms with E-state index in [1.165, 1.54) is 0 Å². The van der Waals surface area contributed by atoms with Crippen LogP contribution in [-0.4, -0.2) is 6.09 Å². The predicted octanol–water partition coefficient (Wildman–Crippen LogP) is 3.18. The second-order valence-electron chi connectivity index (χ2n) is 3.38. The molecule has 0 fully saturated rings. The van der Waals surface area contributed by atoms with Crippen LogP contribution < -0.4 is 10.5 Å². The van der Waals surface area contributed by atoms with Gasteiger partial charge in [-0.1, -0.05) is 18.2 Å². The number of carbonyl (C=O) groups excluding carboxylic acids is 1. The standard InChI is InChI=1S/C12H11NO2S/c1-8-3-2-4-10(9-5-6-16-7-9)11(8)15-12(13)14/h2-7H,1H3,(H2,13,14). The van der Waals surface area contributed by atoms with Gasteiger partial charge in [-0.15, -0.1) is 0 Å². The number of nitrogens with two attached hydrogens (primary N) is 1. The maximum absolute atomic E-state index is 10.8. The zero-order chi connectivity index (χ0) is 11.5. The predicted molar refractivity (Wildman–Crippen MR) is 64.7 cm³/mol. The van der Waals surface area contributed by atoms with Gasteiger partial charge in [0.05, 0.1) is 0 Å². The number of thiophene rings is 1. The molecule has 0 saturated heterocycles. The minimum atomic E-state index is -0.786. The lowest BCUT2D eigenvalue weighted by Crippen LogP contribution is -2.17. The Balaban J connectivity index is 2.52. The van der Waals surface area contributed by atoms with E-state index in [0.717, 1.165) is 16.7 Å². The first kappa shape index (κ1) is 10.7. The fraction of sp³-hybridized carbons (Fsp3) is 0.0833. The first-order chi connectivity index (χ1) is 7.68. The van der Waals surface area contributed by atoms with Gasteiger partial charge in [-0.05, 0) is 34.9 Å². The van der Waals surface area contributed by atoms with Crippen molar-refractivity contribution in [2.45, 2.75) is 6.92 Å². The number of hydrogen-bond donors (Lipinski definition) is 1. The van der Waals surface area contributed by atoms with Gasteiger partial charge in [0.2, 0.25) is 0 Å². The molecular formula is C12H11NO2S. The number of carbonyl (C=O) groups is 1. The third kappa shape index (κ3) is 2.06. The zero-order valence-electron chi connectivity index (χ0n) is 8.77. The van der Waals surface area contributed by atoms with Gasteiger partial charge in [0.15, 0.2) is 0 Å². The first-order valence-electron chi connectivity index (χ1n) is 4.78. The number of benzene rings is 1. The summed E-state index contributed by atoms with van der Waals surface area (Å²) in [6.45, 7) is 1.88. The second-order valence-corrected chi connectivity index (χ2v) is 4.16. The Labute approximate surface area is 97.5 Å². The number of aryl methyl sites for hydroxylation is 1. The van der Waals surface area contributed by atoms with Gasteiger partial charge < -0.3 is 10.5 Å². The van der Waals surface area contributed by atoms with Crippen molar-refractivity contribution in [2.75, 3.05) is 0 Å². The normalized spacial score (nSPS) is 10.1. The lowest BCUT2D eigenvalue weighted by atomic mass is 10.0. The molecule has 2 aromatic rings. The Hall–Kier alpha value is -1.81. The van der Waals surface area contributed by atoms with Gasteiger partial charge in [-0.2, -0.15) is 11.3 Å². The molecule has 1 amide bonds. The Bertz CT molecular complexity index is 506. The number of para-hydroxylation sites is 1. The molecule has 2 rings (SSSR count). The minimum Gasteiger partial charge on any atom is -0.410 e. The summed E-state index contributed by atoms with van der Waals surface area (Å²) in [7, 11) is 0. The van der Waals surface area contributed by atoms with Crippen molar-refractivity contribution in [3.63, 3.8) is 0 Å². The summed E-state index contributed by atoms with van der Waals surface area (Å²) >= 11 is 1.60. The van der Waals surface area contributed by atoms with Crippen LogP contribution in [0.1, 0.15) is 5.56 Å². The van der Waals surface area contributed by atoms with Gasteiger partial charge in [0, 0.05) is 5.56 Å². The summed E-state index contributed by atoms with van der Waals surface area (Å²) in [5.74, 6) is 0.536. The molecule has 0 bridgehead atoms. The van der Waals surface area contributed by atoms with E-state index < -0.39 is 6.09 Å². The highest BCUT2D eigenvalue weighted by Gasteiger charge is 2.11. The topological polar surface area (TPSA) is 52.3 Å². The van der Waals surface area contributed by atoms with Crippen LogP contribution in [0.2, 0.25) is 0 Å². The summed E-state index contributed by atoms with van der Waals surface area (Å²) in [6.07, 6.45) is -0.786. The minimum absolute atomic E-state index is 0.536. The second kappa shape index (κ2) is 4.37. The molecule has 0 atom stereocenters. The molecule has 0 aliphatic rings. The highest BCUT2D eigenvalue weighted by Crippen LogP contribution is 2.33. The number of hydrogen-bond acceptors (Lipinski definition) is 3. The SMILES string of the molecule is Cc1cccc(-c2ccsc2)c1OC(N)=O. The lowest BCUT2D eigenvalue weighted by Gasteiger charge is -2.10. The monoisotopic (exact) mass is 233 g/mol. The Morgan fingerprint density at radius 1 is 1.38 bits per heavy atom. The molecule has 0 aliphatic heterocycles. The van der Waals surface area contributed by atoms with E-state index in [1.807, 2.05) is 41.9 Å². The number of rotatable bonds is 2. The molecule has 16 heavy (non-hydrogen) atoms. The lowest BCUT2D eigenvalue weighted by molar-refractivity contribution is 0.211. The first-order valence-corrected chi connectivity index (χ1v) is 5.72. The summed E-state index contributed by atoms with van der Waals surface area (Å²) < 4.78 is 5.04. The molecule has 0 aliphatic carbocycles. The van der Waals surface area contributed by atoms with Crippen molar-refractivity contribution >= 4 is 17.4 Å². The molecule has 1 heterocycles. The molecule has 0 unspecified atom stereocenters. The molecule has 1 aromatic heterocycles. The van der Waals surface area contributed by atoms with Crippen LogP contribution in [0.3, 0.4) is 0 Å². The molecule has 0 saturated carbocycles. The molecule has 4 heteroatoms. The third-order valence-electron chi connectivity index (χ3n) is 2.25. The van der Waals surface area contributed by atoms with Crippen LogP contribution in [0.4, 0.5) is 4.79 Å². The van der Waals surface area contributed by atoms with Crippen LogP contribution in [0.15, 0.2) is 35.0 Å². The Kier molecular flexibility index (Phi) is 2.92. The smallest absolute Gasteiger partial charge is 0.409 e. The molecule has 2 N–H and O–H groups in total. The average Bonchev–Trinajstić information content (AvgIpc) is 2.73. The van der Waals surface area contributed by atoms with Crippen molar-refractivity contribution in [2.24, 2.45) is 5.73 Å². The van der Waals surface area contributed by atoms with Gasteiger partial charge >= 0.3 is 6.09 Å². The van der Waals surface area contributed by atoms with Crippen molar-refractivity contribution in [3.8, 4) is 16.9 Å². The van der Waals surface area contributed by atoms with Gasteiger partial charge in [0.25, 0.3) is 0 Å².